The zero-order chi connectivity index (χ0) is 23.8. The van der Waals surface area contributed by atoms with Crippen LogP contribution in [0.5, 0.6) is 11.5 Å². The highest BCUT2D eigenvalue weighted by Crippen LogP contribution is 2.37. The topological polar surface area (TPSA) is 69.7 Å². The van der Waals surface area contributed by atoms with Crippen LogP contribution in [0.3, 0.4) is 0 Å². The molecule has 0 fully saturated rings. The third-order valence-electron chi connectivity index (χ3n) is 5.79. The standard InChI is InChI=1S/C30H18O5/c31-25-21-15-7-9-17-23(21)33-27(19-11-3-1-4-12-19)29(25)35-30-26(32)22-16-8-10-18-24(22)34-28(30)20-13-5-2-6-14-20/h1-18H. The Morgan fingerprint density at radius 1 is 0.457 bits per heavy atom. The fourth-order valence-electron chi connectivity index (χ4n) is 4.10. The first-order valence-electron chi connectivity index (χ1n) is 11.1. The Balaban J connectivity index is 1.66. The lowest BCUT2D eigenvalue weighted by Gasteiger charge is -2.14. The molecule has 0 aliphatic rings. The van der Waals surface area contributed by atoms with Crippen LogP contribution in [0, 0.1) is 0 Å². The van der Waals surface area contributed by atoms with Gasteiger partial charge in [-0.2, -0.15) is 0 Å². The van der Waals surface area contributed by atoms with Gasteiger partial charge in [-0.1, -0.05) is 84.9 Å². The van der Waals surface area contributed by atoms with E-state index in [1.807, 2.05) is 60.7 Å². The van der Waals surface area contributed by atoms with Gasteiger partial charge in [0.05, 0.1) is 10.8 Å². The summed E-state index contributed by atoms with van der Waals surface area (Å²) in [5, 5.41) is 0.710. The van der Waals surface area contributed by atoms with Crippen LogP contribution in [0.15, 0.2) is 128 Å². The van der Waals surface area contributed by atoms with Gasteiger partial charge in [-0.25, -0.2) is 0 Å². The Morgan fingerprint density at radius 3 is 1.26 bits per heavy atom. The minimum absolute atomic E-state index is 0.0744. The quantitative estimate of drug-likeness (QED) is 0.284. The van der Waals surface area contributed by atoms with Crippen LogP contribution in [0.2, 0.25) is 0 Å². The average molecular weight is 458 g/mol. The van der Waals surface area contributed by atoms with E-state index in [0.717, 1.165) is 0 Å². The lowest BCUT2D eigenvalue weighted by atomic mass is 10.1. The Kier molecular flexibility index (Phi) is 5.00. The first-order chi connectivity index (χ1) is 17.2. The monoisotopic (exact) mass is 458 g/mol. The van der Waals surface area contributed by atoms with E-state index in [-0.39, 0.29) is 33.9 Å². The number of fused-ring (bicyclic) bond motifs is 2. The van der Waals surface area contributed by atoms with E-state index in [9.17, 15) is 9.59 Å². The molecule has 5 heteroatoms. The lowest BCUT2D eigenvalue weighted by Crippen LogP contribution is -2.13. The molecule has 168 valence electrons. The van der Waals surface area contributed by atoms with Crippen LogP contribution < -0.4 is 15.6 Å². The molecule has 0 unspecified atom stereocenters. The van der Waals surface area contributed by atoms with Crippen LogP contribution in [-0.2, 0) is 0 Å². The Labute approximate surface area is 199 Å². The largest absolute Gasteiger partial charge is 0.452 e. The normalized spacial score (nSPS) is 11.1. The number of rotatable bonds is 4. The summed E-state index contributed by atoms with van der Waals surface area (Å²) in [5.74, 6) is 0.325. The number of ether oxygens (including phenoxy) is 1. The molecule has 6 aromatic rings. The zero-order valence-electron chi connectivity index (χ0n) is 18.4. The van der Waals surface area contributed by atoms with Crippen LogP contribution in [0.1, 0.15) is 0 Å². The van der Waals surface area contributed by atoms with Gasteiger partial charge in [-0.05, 0) is 24.3 Å². The molecule has 0 amide bonds. The van der Waals surface area contributed by atoms with Gasteiger partial charge < -0.3 is 13.6 Å². The number of hydrogen-bond acceptors (Lipinski definition) is 5. The summed E-state index contributed by atoms with van der Waals surface area (Å²) in [6, 6.07) is 32.3. The predicted molar refractivity (Wildman–Crippen MR) is 136 cm³/mol. The van der Waals surface area contributed by atoms with Crippen LogP contribution in [-0.4, -0.2) is 0 Å². The van der Waals surface area contributed by atoms with Crippen molar-refractivity contribution in [1.29, 1.82) is 0 Å². The van der Waals surface area contributed by atoms with Gasteiger partial charge in [0.1, 0.15) is 11.2 Å². The Bertz CT molecular complexity index is 1660. The molecule has 0 N–H and O–H groups in total. The molecule has 0 bridgehead atoms. The highest BCUT2D eigenvalue weighted by Gasteiger charge is 2.24. The number of hydrogen-bond donors (Lipinski definition) is 0. The molecule has 5 nitrogen and oxygen atoms in total. The Hall–Kier alpha value is -4.90. The summed E-state index contributed by atoms with van der Waals surface area (Å²) >= 11 is 0. The molecule has 0 saturated heterocycles. The van der Waals surface area contributed by atoms with E-state index in [1.165, 1.54) is 0 Å². The lowest BCUT2D eigenvalue weighted by molar-refractivity contribution is 0.439. The van der Waals surface area contributed by atoms with Gasteiger partial charge in [0, 0.05) is 11.1 Å². The molecule has 0 spiro atoms. The second-order valence-corrected chi connectivity index (χ2v) is 8.01. The molecule has 0 radical (unpaired) electrons. The van der Waals surface area contributed by atoms with Gasteiger partial charge in [-0.15, -0.1) is 0 Å². The van der Waals surface area contributed by atoms with Crippen molar-refractivity contribution in [3.63, 3.8) is 0 Å². The molecule has 0 atom stereocenters. The summed E-state index contributed by atoms with van der Waals surface area (Å²) in [5.41, 5.74) is 1.40. The van der Waals surface area contributed by atoms with Crippen LogP contribution in [0.25, 0.3) is 44.6 Å². The van der Waals surface area contributed by atoms with Gasteiger partial charge in [0.25, 0.3) is 0 Å². The fourth-order valence-corrected chi connectivity index (χ4v) is 4.10. The minimum Gasteiger partial charge on any atom is -0.452 e. The maximum absolute atomic E-state index is 13.6. The van der Waals surface area contributed by atoms with Crippen molar-refractivity contribution in [2.75, 3.05) is 0 Å². The van der Waals surface area contributed by atoms with Crippen molar-refractivity contribution in [2.45, 2.75) is 0 Å². The highest BCUT2D eigenvalue weighted by atomic mass is 16.5. The first kappa shape index (κ1) is 20.7. The third-order valence-corrected chi connectivity index (χ3v) is 5.79. The number of benzene rings is 4. The molecule has 6 rings (SSSR count). The SMILES string of the molecule is O=c1c(Oc2c(-c3ccccc3)oc3ccccc3c2=O)c(-c2ccccc2)oc2ccccc12. The van der Waals surface area contributed by atoms with E-state index >= 15 is 0 Å². The van der Waals surface area contributed by atoms with Crippen molar-refractivity contribution in [1.82, 2.24) is 0 Å². The van der Waals surface area contributed by atoms with E-state index < -0.39 is 0 Å². The summed E-state index contributed by atoms with van der Waals surface area (Å²) in [6.07, 6.45) is 0. The second-order valence-electron chi connectivity index (χ2n) is 8.01. The van der Waals surface area contributed by atoms with Gasteiger partial charge >= 0.3 is 0 Å². The predicted octanol–water partition coefficient (Wildman–Crippen LogP) is 7.03. The van der Waals surface area contributed by atoms with Gasteiger partial charge in [-0.3, -0.25) is 9.59 Å². The molecule has 4 aromatic carbocycles. The Morgan fingerprint density at radius 2 is 0.829 bits per heavy atom. The third kappa shape index (κ3) is 3.60. The molecule has 0 saturated carbocycles. The van der Waals surface area contributed by atoms with Crippen molar-refractivity contribution in [3.05, 3.63) is 130 Å². The van der Waals surface area contributed by atoms with E-state index in [2.05, 4.69) is 0 Å². The second kappa shape index (κ2) is 8.47. The molecule has 35 heavy (non-hydrogen) atoms. The zero-order valence-corrected chi connectivity index (χ0v) is 18.4. The average Bonchev–Trinajstić information content (AvgIpc) is 2.92. The van der Waals surface area contributed by atoms with Crippen LogP contribution >= 0.6 is 0 Å². The molecular weight excluding hydrogens is 440 g/mol. The highest BCUT2D eigenvalue weighted by molar-refractivity contribution is 5.84. The fraction of sp³-hybridized carbons (Fsp3) is 0. The van der Waals surface area contributed by atoms with Crippen molar-refractivity contribution in [2.24, 2.45) is 0 Å². The van der Waals surface area contributed by atoms with E-state index in [0.29, 0.717) is 33.1 Å². The molecule has 2 heterocycles. The number of para-hydroxylation sites is 2. The molecule has 0 aliphatic carbocycles. The van der Waals surface area contributed by atoms with Crippen molar-refractivity contribution < 1.29 is 13.6 Å². The summed E-state index contributed by atoms with van der Waals surface area (Å²) < 4.78 is 18.5. The van der Waals surface area contributed by atoms with Crippen molar-refractivity contribution >= 4 is 21.9 Å². The first-order valence-corrected chi connectivity index (χ1v) is 11.1. The van der Waals surface area contributed by atoms with E-state index in [1.54, 1.807) is 48.5 Å². The van der Waals surface area contributed by atoms with Gasteiger partial charge in [0.2, 0.25) is 22.4 Å². The summed E-state index contributed by atoms with van der Waals surface area (Å²) in [6.45, 7) is 0. The van der Waals surface area contributed by atoms with Crippen molar-refractivity contribution in [3.8, 4) is 34.1 Å². The summed E-state index contributed by atoms with van der Waals surface area (Å²) in [4.78, 5) is 27.3. The van der Waals surface area contributed by atoms with E-state index in [4.69, 9.17) is 13.6 Å². The maximum atomic E-state index is 13.6. The minimum atomic E-state index is -0.378. The maximum Gasteiger partial charge on any atom is 0.235 e. The molecular formula is C30H18O5. The smallest absolute Gasteiger partial charge is 0.235 e. The van der Waals surface area contributed by atoms with Gasteiger partial charge in [0.15, 0.2) is 11.5 Å². The van der Waals surface area contributed by atoms with Crippen LogP contribution in [0.4, 0.5) is 0 Å². The molecule has 2 aromatic heterocycles. The summed E-state index contributed by atoms with van der Waals surface area (Å²) in [7, 11) is 0. The molecule has 0 aliphatic heterocycles.